The fourth-order valence-corrected chi connectivity index (χ4v) is 4.19. The molecule has 0 bridgehead atoms. The standard InChI is InChI=1S/C31H29F3N4O6/c1-30(2,3)44-29(40)38(18-19-7-6-8-23(13-19)43-31(32,33)34)28-36-16-22(17-37-28)21-14-24(20-9-11-35-12-10-20)26(41-4)25(15-21)27(39)42-5/h6-17H,18H2,1-5H3. The third kappa shape index (κ3) is 8.00. The summed E-state index contributed by atoms with van der Waals surface area (Å²) in [5.41, 5.74) is 1.95. The minimum absolute atomic E-state index is 0.0683. The second kappa shape index (κ2) is 13.0. The Hall–Kier alpha value is -5.20. The van der Waals surface area contributed by atoms with Crippen molar-refractivity contribution in [2.24, 2.45) is 0 Å². The number of aromatic nitrogens is 3. The van der Waals surface area contributed by atoms with Crippen molar-refractivity contribution in [1.82, 2.24) is 15.0 Å². The molecule has 2 heterocycles. The van der Waals surface area contributed by atoms with Gasteiger partial charge in [-0.15, -0.1) is 13.2 Å². The summed E-state index contributed by atoms with van der Waals surface area (Å²) in [5.74, 6) is -0.830. The molecule has 4 rings (SSSR count). The van der Waals surface area contributed by atoms with E-state index in [1.54, 1.807) is 57.4 Å². The van der Waals surface area contributed by atoms with Gasteiger partial charge in [-0.25, -0.2) is 24.5 Å². The zero-order valence-electron chi connectivity index (χ0n) is 24.5. The number of alkyl halides is 3. The Morgan fingerprint density at radius 2 is 1.57 bits per heavy atom. The molecular formula is C31H29F3N4O6. The minimum atomic E-state index is -4.88. The molecule has 0 unspecified atom stereocenters. The first kappa shape index (κ1) is 31.7. The number of anilines is 1. The third-order valence-corrected chi connectivity index (χ3v) is 5.99. The lowest BCUT2D eigenvalue weighted by atomic mass is 9.96. The van der Waals surface area contributed by atoms with Crippen LogP contribution in [0.4, 0.5) is 23.9 Å². The number of hydrogen-bond donors (Lipinski definition) is 0. The van der Waals surface area contributed by atoms with E-state index in [1.165, 1.54) is 38.7 Å². The van der Waals surface area contributed by atoms with E-state index in [-0.39, 0.29) is 18.1 Å². The number of methoxy groups -OCH3 is 2. The normalized spacial score (nSPS) is 11.5. The van der Waals surface area contributed by atoms with Gasteiger partial charge in [-0.05, 0) is 73.9 Å². The van der Waals surface area contributed by atoms with Crippen molar-refractivity contribution in [2.45, 2.75) is 39.3 Å². The van der Waals surface area contributed by atoms with E-state index >= 15 is 0 Å². The molecule has 230 valence electrons. The number of pyridine rings is 1. The Labute approximate surface area is 251 Å². The monoisotopic (exact) mass is 610 g/mol. The molecule has 0 aliphatic heterocycles. The van der Waals surface area contributed by atoms with E-state index in [9.17, 15) is 22.8 Å². The zero-order valence-corrected chi connectivity index (χ0v) is 24.5. The largest absolute Gasteiger partial charge is 0.573 e. The maximum absolute atomic E-state index is 13.2. The van der Waals surface area contributed by atoms with Crippen LogP contribution in [0.5, 0.6) is 11.5 Å². The highest BCUT2D eigenvalue weighted by atomic mass is 19.4. The number of hydrogen-bond acceptors (Lipinski definition) is 9. The van der Waals surface area contributed by atoms with Gasteiger partial charge in [-0.1, -0.05) is 12.1 Å². The van der Waals surface area contributed by atoms with Gasteiger partial charge in [0.25, 0.3) is 0 Å². The van der Waals surface area contributed by atoms with Crippen LogP contribution in [0, 0.1) is 0 Å². The molecule has 10 nitrogen and oxygen atoms in total. The van der Waals surface area contributed by atoms with Gasteiger partial charge < -0.3 is 18.9 Å². The highest BCUT2D eigenvalue weighted by Crippen LogP contribution is 2.38. The Morgan fingerprint density at radius 1 is 0.886 bits per heavy atom. The summed E-state index contributed by atoms with van der Waals surface area (Å²) in [6, 6.07) is 12.1. The first-order valence-electron chi connectivity index (χ1n) is 13.2. The summed E-state index contributed by atoms with van der Waals surface area (Å²) < 4.78 is 58.4. The van der Waals surface area contributed by atoms with Crippen LogP contribution < -0.4 is 14.4 Å². The molecule has 4 aromatic rings. The first-order chi connectivity index (χ1) is 20.8. The van der Waals surface area contributed by atoms with Crippen LogP contribution in [-0.2, 0) is 16.0 Å². The number of esters is 1. The lowest BCUT2D eigenvalue weighted by molar-refractivity contribution is -0.274. The predicted molar refractivity (Wildman–Crippen MR) is 154 cm³/mol. The number of benzene rings is 2. The SMILES string of the molecule is COC(=O)c1cc(-c2cnc(N(Cc3cccc(OC(F)(F)F)c3)C(=O)OC(C)(C)C)nc2)cc(-c2ccncc2)c1OC. The van der Waals surface area contributed by atoms with Gasteiger partial charge in [0.2, 0.25) is 5.95 Å². The van der Waals surface area contributed by atoms with Crippen LogP contribution in [0.1, 0.15) is 36.7 Å². The van der Waals surface area contributed by atoms with Crippen LogP contribution in [0.15, 0.2) is 73.3 Å². The lowest BCUT2D eigenvalue weighted by Crippen LogP contribution is -2.37. The second-order valence-corrected chi connectivity index (χ2v) is 10.4. The van der Waals surface area contributed by atoms with Crippen molar-refractivity contribution in [2.75, 3.05) is 19.1 Å². The van der Waals surface area contributed by atoms with Crippen molar-refractivity contribution in [3.8, 4) is 33.8 Å². The van der Waals surface area contributed by atoms with Crippen LogP contribution >= 0.6 is 0 Å². The van der Waals surface area contributed by atoms with Gasteiger partial charge in [0.15, 0.2) is 0 Å². The number of ether oxygens (including phenoxy) is 4. The predicted octanol–water partition coefficient (Wildman–Crippen LogP) is 6.84. The molecular weight excluding hydrogens is 581 g/mol. The van der Waals surface area contributed by atoms with E-state index in [0.29, 0.717) is 28.0 Å². The molecule has 1 amide bonds. The lowest BCUT2D eigenvalue weighted by Gasteiger charge is -2.26. The van der Waals surface area contributed by atoms with Crippen molar-refractivity contribution in [1.29, 1.82) is 0 Å². The van der Waals surface area contributed by atoms with Crippen LogP contribution in [0.3, 0.4) is 0 Å². The van der Waals surface area contributed by atoms with Crippen molar-refractivity contribution < 1.29 is 41.7 Å². The molecule has 0 saturated heterocycles. The van der Waals surface area contributed by atoms with Crippen LogP contribution in [0.25, 0.3) is 22.3 Å². The molecule has 2 aromatic heterocycles. The molecule has 0 fully saturated rings. The topological polar surface area (TPSA) is 113 Å². The Balaban J connectivity index is 1.74. The molecule has 0 radical (unpaired) electrons. The van der Waals surface area contributed by atoms with E-state index in [2.05, 4.69) is 19.7 Å². The Kier molecular flexibility index (Phi) is 9.36. The molecule has 0 N–H and O–H groups in total. The summed E-state index contributed by atoms with van der Waals surface area (Å²) in [7, 11) is 2.70. The number of nitrogens with zero attached hydrogens (tertiary/aromatic N) is 4. The molecule has 44 heavy (non-hydrogen) atoms. The van der Waals surface area contributed by atoms with E-state index in [0.717, 1.165) is 22.6 Å². The summed E-state index contributed by atoms with van der Waals surface area (Å²) in [4.78, 5) is 39.8. The third-order valence-electron chi connectivity index (χ3n) is 5.99. The van der Waals surface area contributed by atoms with Gasteiger partial charge in [0.1, 0.15) is 22.7 Å². The molecule has 0 atom stereocenters. The fraction of sp³-hybridized carbons (Fsp3) is 0.258. The first-order valence-corrected chi connectivity index (χ1v) is 13.2. The molecule has 13 heteroatoms. The number of carbonyl (C=O) groups is 2. The number of rotatable bonds is 8. The van der Waals surface area contributed by atoms with E-state index in [4.69, 9.17) is 14.2 Å². The smallest absolute Gasteiger partial charge is 0.495 e. The Morgan fingerprint density at radius 3 is 2.16 bits per heavy atom. The molecule has 0 aliphatic carbocycles. The van der Waals surface area contributed by atoms with Gasteiger partial charge >= 0.3 is 18.4 Å². The summed E-state index contributed by atoms with van der Waals surface area (Å²) in [5, 5.41) is 0. The summed E-state index contributed by atoms with van der Waals surface area (Å²) in [6.45, 7) is 4.81. The maximum atomic E-state index is 13.2. The number of halogens is 3. The molecule has 0 spiro atoms. The molecule has 2 aromatic carbocycles. The Bertz CT molecular complexity index is 1620. The summed E-state index contributed by atoms with van der Waals surface area (Å²) >= 11 is 0. The molecule has 0 aliphatic rings. The molecule has 0 saturated carbocycles. The van der Waals surface area contributed by atoms with Crippen molar-refractivity contribution in [3.05, 3.63) is 84.4 Å². The van der Waals surface area contributed by atoms with Crippen molar-refractivity contribution >= 4 is 18.0 Å². The number of amides is 1. The van der Waals surface area contributed by atoms with Crippen molar-refractivity contribution in [3.63, 3.8) is 0 Å². The minimum Gasteiger partial charge on any atom is -0.495 e. The second-order valence-electron chi connectivity index (χ2n) is 10.4. The average molecular weight is 611 g/mol. The highest BCUT2D eigenvalue weighted by Gasteiger charge is 2.31. The van der Waals surface area contributed by atoms with Gasteiger partial charge in [0.05, 0.1) is 20.8 Å². The summed E-state index contributed by atoms with van der Waals surface area (Å²) in [6.07, 6.45) is 0.407. The fourth-order valence-electron chi connectivity index (χ4n) is 4.19. The quantitative estimate of drug-likeness (QED) is 0.198. The zero-order chi connectivity index (χ0) is 32.1. The highest BCUT2D eigenvalue weighted by molar-refractivity contribution is 5.98. The van der Waals surface area contributed by atoms with E-state index in [1.807, 2.05) is 0 Å². The van der Waals surface area contributed by atoms with Gasteiger partial charge in [-0.3, -0.25) is 4.98 Å². The number of carbonyl (C=O) groups excluding carboxylic acids is 2. The van der Waals surface area contributed by atoms with Crippen LogP contribution in [-0.4, -0.2) is 53.2 Å². The van der Waals surface area contributed by atoms with Gasteiger partial charge in [0, 0.05) is 35.9 Å². The average Bonchev–Trinajstić information content (AvgIpc) is 2.97. The van der Waals surface area contributed by atoms with Gasteiger partial charge in [-0.2, -0.15) is 0 Å². The van der Waals surface area contributed by atoms with E-state index < -0.39 is 29.8 Å². The maximum Gasteiger partial charge on any atom is 0.573 e. The van der Waals surface area contributed by atoms with Crippen LogP contribution in [0.2, 0.25) is 0 Å².